The van der Waals surface area contributed by atoms with Gasteiger partial charge in [-0.3, -0.25) is 0 Å². The number of benzene rings is 3. The third-order valence-corrected chi connectivity index (χ3v) is 6.13. The zero-order valence-electron chi connectivity index (χ0n) is 17.4. The van der Waals surface area contributed by atoms with Gasteiger partial charge in [0.2, 0.25) is 0 Å². The highest BCUT2D eigenvalue weighted by atomic mass is 35.5. The lowest BCUT2D eigenvalue weighted by molar-refractivity contribution is 0.243. The van der Waals surface area contributed by atoms with E-state index in [1.807, 2.05) is 30.3 Å². The molecule has 0 fully saturated rings. The SMILES string of the molecule is CC1=CC(C)(C)Nc2ccc3c(c21)[C@H](c1ccc(F)c(C)c1)Oc1ccc(Cl)cc1-3. The number of aryl methyl sites for hydroxylation is 1. The Morgan fingerprint density at radius 3 is 2.57 bits per heavy atom. The first-order valence-corrected chi connectivity index (χ1v) is 10.5. The van der Waals surface area contributed by atoms with Crippen molar-refractivity contribution < 1.29 is 9.13 Å². The summed E-state index contributed by atoms with van der Waals surface area (Å²) in [5, 5.41) is 4.30. The minimum atomic E-state index is -0.339. The first kappa shape index (κ1) is 19.2. The van der Waals surface area contributed by atoms with Gasteiger partial charge in [-0.2, -0.15) is 0 Å². The molecule has 0 radical (unpaired) electrons. The van der Waals surface area contributed by atoms with Crippen molar-refractivity contribution in [3.8, 4) is 16.9 Å². The van der Waals surface area contributed by atoms with E-state index in [9.17, 15) is 4.39 Å². The predicted molar refractivity (Wildman–Crippen MR) is 122 cm³/mol. The van der Waals surface area contributed by atoms with Crippen molar-refractivity contribution in [2.75, 3.05) is 5.32 Å². The summed E-state index contributed by atoms with van der Waals surface area (Å²) in [7, 11) is 0. The lowest BCUT2D eigenvalue weighted by atomic mass is 9.80. The molecule has 2 aliphatic heterocycles. The van der Waals surface area contributed by atoms with Crippen LogP contribution in [0.4, 0.5) is 10.1 Å². The molecule has 2 aliphatic rings. The van der Waals surface area contributed by atoms with Crippen LogP contribution >= 0.6 is 11.6 Å². The molecule has 1 atom stereocenters. The van der Waals surface area contributed by atoms with Crippen LogP contribution < -0.4 is 10.1 Å². The Morgan fingerprint density at radius 1 is 1.00 bits per heavy atom. The summed E-state index contributed by atoms with van der Waals surface area (Å²) in [6.07, 6.45) is 1.91. The van der Waals surface area contributed by atoms with E-state index in [1.165, 1.54) is 11.6 Å². The molecule has 3 aromatic rings. The van der Waals surface area contributed by atoms with Crippen molar-refractivity contribution in [1.29, 1.82) is 0 Å². The maximum absolute atomic E-state index is 14.0. The Kier molecular flexibility index (Phi) is 4.23. The molecule has 0 amide bonds. The third-order valence-electron chi connectivity index (χ3n) is 5.90. The van der Waals surface area contributed by atoms with Gasteiger partial charge in [0.1, 0.15) is 11.6 Å². The summed E-state index contributed by atoms with van der Waals surface area (Å²) < 4.78 is 20.5. The molecule has 0 saturated heterocycles. The van der Waals surface area contributed by atoms with Gasteiger partial charge in [-0.1, -0.05) is 29.8 Å². The Bertz CT molecular complexity index is 1230. The van der Waals surface area contributed by atoms with E-state index >= 15 is 0 Å². The number of anilines is 1. The summed E-state index contributed by atoms with van der Waals surface area (Å²) >= 11 is 6.32. The van der Waals surface area contributed by atoms with Crippen LogP contribution in [0.5, 0.6) is 5.75 Å². The highest BCUT2D eigenvalue weighted by Gasteiger charge is 2.34. The number of hydrogen-bond acceptors (Lipinski definition) is 2. The molecule has 0 saturated carbocycles. The average molecular weight is 420 g/mol. The molecule has 4 heteroatoms. The summed E-state index contributed by atoms with van der Waals surface area (Å²) in [6.45, 7) is 8.24. The second kappa shape index (κ2) is 6.61. The molecule has 30 heavy (non-hydrogen) atoms. The molecule has 0 aromatic heterocycles. The summed E-state index contributed by atoms with van der Waals surface area (Å²) in [4.78, 5) is 0. The van der Waals surface area contributed by atoms with E-state index in [4.69, 9.17) is 16.3 Å². The number of ether oxygens (including phenoxy) is 1. The molecule has 2 heterocycles. The quantitative estimate of drug-likeness (QED) is 0.439. The van der Waals surface area contributed by atoms with Crippen LogP contribution in [0.25, 0.3) is 16.7 Å². The monoisotopic (exact) mass is 419 g/mol. The van der Waals surface area contributed by atoms with Gasteiger partial charge >= 0.3 is 0 Å². The number of allylic oxidation sites excluding steroid dienone is 1. The average Bonchev–Trinajstić information content (AvgIpc) is 2.68. The Balaban J connectivity index is 1.81. The molecule has 0 spiro atoms. The minimum absolute atomic E-state index is 0.135. The van der Waals surface area contributed by atoms with E-state index in [0.29, 0.717) is 10.6 Å². The molecule has 2 nitrogen and oxygen atoms in total. The second-order valence-corrected chi connectivity index (χ2v) is 9.21. The fourth-order valence-electron chi connectivity index (χ4n) is 4.72. The number of rotatable bonds is 1. The molecule has 152 valence electrons. The normalized spacial score (nSPS) is 18.3. The first-order valence-electron chi connectivity index (χ1n) is 10.1. The third kappa shape index (κ3) is 3.00. The van der Waals surface area contributed by atoms with Gasteiger partial charge in [-0.25, -0.2) is 4.39 Å². The van der Waals surface area contributed by atoms with Gasteiger partial charge < -0.3 is 10.1 Å². The minimum Gasteiger partial charge on any atom is -0.480 e. The summed E-state index contributed by atoms with van der Waals surface area (Å²) in [6, 6.07) is 15.2. The topological polar surface area (TPSA) is 21.3 Å². The molecule has 3 aromatic carbocycles. The van der Waals surface area contributed by atoms with Crippen molar-refractivity contribution in [3.63, 3.8) is 0 Å². The van der Waals surface area contributed by atoms with Crippen LogP contribution in [0, 0.1) is 12.7 Å². The number of halogens is 2. The molecule has 0 unspecified atom stereocenters. The van der Waals surface area contributed by atoms with Crippen LogP contribution in [0.3, 0.4) is 0 Å². The maximum Gasteiger partial charge on any atom is 0.150 e. The van der Waals surface area contributed by atoms with Gasteiger partial charge in [0.15, 0.2) is 6.10 Å². The van der Waals surface area contributed by atoms with Crippen LogP contribution in [0.1, 0.15) is 49.1 Å². The number of fused-ring (bicyclic) bond motifs is 5. The highest BCUT2D eigenvalue weighted by molar-refractivity contribution is 6.31. The zero-order valence-corrected chi connectivity index (χ0v) is 18.2. The smallest absolute Gasteiger partial charge is 0.150 e. The molecular weight excluding hydrogens is 397 g/mol. The molecule has 0 aliphatic carbocycles. The molecular formula is C26H23ClFNO. The van der Waals surface area contributed by atoms with Crippen molar-refractivity contribution in [1.82, 2.24) is 0 Å². The van der Waals surface area contributed by atoms with Gasteiger partial charge in [-0.05, 0) is 86.4 Å². The Hall–Kier alpha value is -2.78. The van der Waals surface area contributed by atoms with E-state index in [2.05, 4.69) is 44.3 Å². The molecule has 0 bridgehead atoms. The Morgan fingerprint density at radius 2 is 1.80 bits per heavy atom. The lowest BCUT2D eigenvalue weighted by Crippen LogP contribution is -2.32. The van der Waals surface area contributed by atoms with Crippen molar-refractivity contribution >= 4 is 22.9 Å². The van der Waals surface area contributed by atoms with Crippen molar-refractivity contribution in [2.45, 2.75) is 39.3 Å². The first-order chi connectivity index (χ1) is 14.2. The lowest BCUT2D eigenvalue weighted by Gasteiger charge is -2.37. The summed E-state index contributed by atoms with van der Waals surface area (Å²) in [5.41, 5.74) is 7.99. The van der Waals surface area contributed by atoms with Gasteiger partial charge in [0, 0.05) is 27.4 Å². The standard InChI is InChI=1S/C26H23ClFNO/c1-14-11-16(5-8-20(14)28)25-24-18(19-12-17(27)6-10-22(19)30-25)7-9-21-23(24)15(2)13-26(3,4)29-21/h5-13,25,29H,1-4H3/t25-/m0/s1. The maximum atomic E-state index is 14.0. The predicted octanol–water partition coefficient (Wildman–Crippen LogP) is 7.54. The number of hydrogen-bond donors (Lipinski definition) is 1. The van der Waals surface area contributed by atoms with E-state index in [1.54, 1.807) is 6.92 Å². The molecule has 5 rings (SSSR count). The van der Waals surface area contributed by atoms with E-state index < -0.39 is 0 Å². The van der Waals surface area contributed by atoms with Crippen LogP contribution in [-0.2, 0) is 0 Å². The van der Waals surface area contributed by atoms with Gasteiger partial charge in [-0.15, -0.1) is 0 Å². The summed E-state index contributed by atoms with van der Waals surface area (Å²) in [5.74, 6) is 0.570. The highest BCUT2D eigenvalue weighted by Crippen LogP contribution is 2.51. The van der Waals surface area contributed by atoms with Gasteiger partial charge in [0.25, 0.3) is 0 Å². The van der Waals surface area contributed by atoms with Crippen LogP contribution in [0.2, 0.25) is 5.02 Å². The second-order valence-electron chi connectivity index (χ2n) is 8.77. The van der Waals surface area contributed by atoms with Crippen molar-refractivity contribution in [3.05, 3.63) is 87.7 Å². The van der Waals surface area contributed by atoms with Gasteiger partial charge in [0.05, 0.1) is 5.54 Å². The van der Waals surface area contributed by atoms with E-state index in [-0.39, 0.29) is 17.5 Å². The van der Waals surface area contributed by atoms with Crippen LogP contribution in [-0.4, -0.2) is 5.54 Å². The largest absolute Gasteiger partial charge is 0.480 e. The van der Waals surface area contributed by atoms with Crippen LogP contribution in [0.15, 0.2) is 54.6 Å². The molecule has 1 N–H and O–H groups in total. The zero-order chi connectivity index (χ0) is 21.2. The fourth-order valence-corrected chi connectivity index (χ4v) is 4.89. The Labute approximate surface area is 181 Å². The fraction of sp³-hybridized carbons (Fsp3) is 0.231. The van der Waals surface area contributed by atoms with Crippen molar-refractivity contribution in [2.24, 2.45) is 0 Å². The van der Waals surface area contributed by atoms with E-state index in [0.717, 1.165) is 39.3 Å². The number of nitrogens with one attached hydrogen (secondary N) is 1.